The molecule has 0 atom stereocenters. The molecule has 1 heterocycles. The lowest BCUT2D eigenvalue weighted by atomic mass is 10.0. The van der Waals surface area contributed by atoms with Crippen LogP contribution in [0.5, 0.6) is 0 Å². The maximum absolute atomic E-state index is 12.0. The molecular formula is C16H18N2O. The number of rotatable bonds is 6. The normalized spacial score (nSPS) is 14.7. The van der Waals surface area contributed by atoms with Gasteiger partial charge in [0, 0.05) is 18.0 Å². The molecule has 1 fully saturated rings. The zero-order valence-electron chi connectivity index (χ0n) is 10.9. The van der Waals surface area contributed by atoms with Crippen molar-refractivity contribution >= 4 is 16.7 Å². The van der Waals surface area contributed by atoms with Gasteiger partial charge >= 0.3 is 0 Å². The van der Waals surface area contributed by atoms with E-state index in [9.17, 15) is 4.79 Å². The minimum atomic E-state index is 0.247. The molecule has 0 bridgehead atoms. The summed E-state index contributed by atoms with van der Waals surface area (Å²) in [5.74, 6) is 1.06. The van der Waals surface area contributed by atoms with Crippen LogP contribution in [0.2, 0.25) is 0 Å². The molecule has 0 saturated heterocycles. The molecule has 0 amide bonds. The molecule has 0 radical (unpaired) electrons. The summed E-state index contributed by atoms with van der Waals surface area (Å²) in [6.07, 6.45) is 4.90. The fraction of sp³-hybridized carbons (Fsp3) is 0.375. The van der Waals surface area contributed by atoms with Gasteiger partial charge in [0.25, 0.3) is 0 Å². The van der Waals surface area contributed by atoms with E-state index >= 15 is 0 Å². The van der Waals surface area contributed by atoms with Crippen LogP contribution in [0.3, 0.4) is 0 Å². The fourth-order valence-electron chi connectivity index (χ4n) is 2.32. The molecular weight excluding hydrogens is 236 g/mol. The number of hydrogen-bond donors (Lipinski definition) is 1. The van der Waals surface area contributed by atoms with Crippen molar-refractivity contribution in [3.05, 3.63) is 42.1 Å². The van der Waals surface area contributed by atoms with Crippen LogP contribution in [0.4, 0.5) is 0 Å². The summed E-state index contributed by atoms with van der Waals surface area (Å²) in [6.45, 7) is 1.47. The van der Waals surface area contributed by atoms with E-state index in [4.69, 9.17) is 0 Å². The second-order valence-electron chi connectivity index (χ2n) is 5.28. The highest BCUT2D eigenvalue weighted by molar-refractivity contribution is 5.89. The third-order valence-corrected chi connectivity index (χ3v) is 3.58. The van der Waals surface area contributed by atoms with Gasteiger partial charge in [0.1, 0.15) is 0 Å². The van der Waals surface area contributed by atoms with Crippen molar-refractivity contribution in [2.45, 2.75) is 19.3 Å². The molecule has 1 saturated carbocycles. The number of ketones is 1. The highest BCUT2D eigenvalue weighted by atomic mass is 16.1. The molecule has 1 N–H and O–H groups in total. The number of benzene rings is 1. The Kier molecular flexibility index (Phi) is 3.56. The Hall–Kier alpha value is -1.74. The first kappa shape index (κ1) is 12.3. The van der Waals surface area contributed by atoms with E-state index in [0.29, 0.717) is 13.0 Å². The number of aromatic nitrogens is 1. The average molecular weight is 254 g/mol. The van der Waals surface area contributed by atoms with Crippen LogP contribution in [0.1, 0.15) is 18.4 Å². The number of fused-ring (bicyclic) bond motifs is 1. The van der Waals surface area contributed by atoms with Gasteiger partial charge < -0.3 is 5.32 Å². The number of carbonyl (C=O) groups excluding carboxylic acids is 1. The van der Waals surface area contributed by atoms with E-state index < -0.39 is 0 Å². The van der Waals surface area contributed by atoms with Crippen molar-refractivity contribution in [3.63, 3.8) is 0 Å². The molecule has 1 aliphatic rings. The monoisotopic (exact) mass is 254 g/mol. The predicted octanol–water partition coefficient (Wildman–Crippen LogP) is 2.35. The third kappa shape index (κ3) is 3.18. The fourth-order valence-corrected chi connectivity index (χ4v) is 2.32. The van der Waals surface area contributed by atoms with Gasteiger partial charge in [-0.25, -0.2) is 0 Å². The molecule has 98 valence electrons. The minimum absolute atomic E-state index is 0.247. The van der Waals surface area contributed by atoms with Crippen LogP contribution in [-0.2, 0) is 11.2 Å². The third-order valence-electron chi connectivity index (χ3n) is 3.58. The van der Waals surface area contributed by atoms with Crippen LogP contribution < -0.4 is 5.32 Å². The molecule has 3 nitrogen and oxygen atoms in total. The zero-order valence-corrected chi connectivity index (χ0v) is 10.9. The van der Waals surface area contributed by atoms with Gasteiger partial charge in [-0.15, -0.1) is 0 Å². The SMILES string of the molecule is O=C(CNCC1CC1)Cc1ccnc2ccccc12. The van der Waals surface area contributed by atoms with Crippen LogP contribution in [-0.4, -0.2) is 23.9 Å². The number of carbonyl (C=O) groups is 1. The Morgan fingerprint density at radius 2 is 2.11 bits per heavy atom. The smallest absolute Gasteiger partial charge is 0.150 e. The molecule has 1 aromatic carbocycles. The molecule has 0 unspecified atom stereocenters. The van der Waals surface area contributed by atoms with E-state index in [1.54, 1.807) is 6.20 Å². The van der Waals surface area contributed by atoms with Crippen molar-refractivity contribution in [3.8, 4) is 0 Å². The summed E-state index contributed by atoms with van der Waals surface area (Å²) < 4.78 is 0. The zero-order chi connectivity index (χ0) is 13.1. The minimum Gasteiger partial charge on any atom is -0.310 e. The summed E-state index contributed by atoms with van der Waals surface area (Å²) in [7, 11) is 0. The lowest BCUT2D eigenvalue weighted by molar-refractivity contribution is -0.117. The molecule has 1 aromatic heterocycles. The summed E-state index contributed by atoms with van der Waals surface area (Å²) in [5.41, 5.74) is 2.03. The number of pyridine rings is 1. The van der Waals surface area contributed by atoms with Crippen molar-refractivity contribution in [1.29, 1.82) is 0 Å². The lowest BCUT2D eigenvalue weighted by Gasteiger charge is -2.06. The van der Waals surface area contributed by atoms with Crippen LogP contribution in [0.25, 0.3) is 10.9 Å². The van der Waals surface area contributed by atoms with Crippen molar-refractivity contribution < 1.29 is 4.79 Å². The topological polar surface area (TPSA) is 42.0 Å². The molecule has 0 spiro atoms. The Labute approximate surface area is 113 Å². The van der Waals surface area contributed by atoms with Crippen molar-refractivity contribution in [2.24, 2.45) is 5.92 Å². The van der Waals surface area contributed by atoms with Gasteiger partial charge in [0.15, 0.2) is 5.78 Å². The average Bonchev–Trinajstić information content (AvgIpc) is 3.23. The molecule has 1 aliphatic carbocycles. The number of para-hydroxylation sites is 1. The summed E-state index contributed by atoms with van der Waals surface area (Å²) >= 11 is 0. The maximum Gasteiger partial charge on any atom is 0.150 e. The second kappa shape index (κ2) is 5.49. The van der Waals surface area contributed by atoms with E-state index in [1.807, 2.05) is 30.3 Å². The molecule has 3 heteroatoms. The quantitative estimate of drug-likeness (QED) is 0.860. The highest BCUT2D eigenvalue weighted by Gasteiger charge is 2.20. The number of hydrogen-bond acceptors (Lipinski definition) is 3. The lowest BCUT2D eigenvalue weighted by Crippen LogP contribution is -2.26. The largest absolute Gasteiger partial charge is 0.310 e. The van der Waals surface area contributed by atoms with E-state index in [2.05, 4.69) is 10.3 Å². The second-order valence-corrected chi connectivity index (χ2v) is 5.28. The van der Waals surface area contributed by atoms with Gasteiger partial charge in [0.2, 0.25) is 0 Å². The summed E-state index contributed by atoms with van der Waals surface area (Å²) in [5, 5.41) is 4.33. The van der Waals surface area contributed by atoms with Crippen molar-refractivity contribution in [2.75, 3.05) is 13.1 Å². The van der Waals surface area contributed by atoms with E-state index in [-0.39, 0.29) is 5.78 Å². The first-order valence-corrected chi connectivity index (χ1v) is 6.88. The Morgan fingerprint density at radius 1 is 1.26 bits per heavy atom. The Morgan fingerprint density at radius 3 is 2.95 bits per heavy atom. The first-order chi connectivity index (χ1) is 9.33. The highest BCUT2D eigenvalue weighted by Crippen LogP contribution is 2.27. The van der Waals surface area contributed by atoms with Gasteiger partial charge in [-0.2, -0.15) is 0 Å². The number of Topliss-reactive ketones (excluding diaryl/α,β-unsaturated/α-hetero) is 1. The van der Waals surface area contributed by atoms with E-state index in [1.165, 1.54) is 12.8 Å². The predicted molar refractivity (Wildman–Crippen MR) is 76.0 cm³/mol. The molecule has 0 aliphatic heterocycles. The van der Waals surface area contributed by atoms with Gasteiger partial charge in [0.05, 0.1) is 12.1 Å². The first-order valence-electron chi connectivity index (χ1n) is 6.88. The van der Waals surface area contributed by atoms with Crippen LogP contribution in [0.15, 0.2) is 36.5 Å². The van der Waals surface area contributed by atoms with Crippen molar-refractivity contribution in [1.82, 2.24) is 10.3 Å². The maximum atomic E-state index is 12.0. The van der Waals surface area contributed by atoms with Gasteiger partial charge in [-0.1, -0.05) is 18.2 Å². The summed E-state index contributed by atoms with van der Waals surface area (Å²) in [6, 6.07) is 9.92. The van der Waals surface area contributed by atoms with Crippen LogP contribution in [0, 0.1) is 5.92 Å². The Bertz CT molecular complexity index is 585. The number of nitrogens with zero attached hydrogens (tertiary/aromatic N) is 1. The van der Waals surface area contributed by atoms with Gasteiger partial charge in [-0.05, 0) is 43.0 Å². The number of nitrogens with one attached hydrogen (secondary N) is 1. The molecule has 3 rings (SSSR count). The summed E-state index contributed by atoms with van der Waals surface area (Å²) in [4.78, 5) is 16.3. The standard InChI is InChI=1S/C16H18N2O/c19-14(11-17-10-12-5-6-12)9-13-7-8-18-16-4-2-1-3-15(13)16/h1-4,7-8,12,17H,5-6,9-11H2. The van der Waals surface area contributed by atoms with E-state index in [0.717, 1.165) is 28.9 Å². The molecule has 19 heavy (non-hydrogen) atoms. The molecule has 2 aromatic rings. The van der Waals surface area contributed by atoms with Crippen LogP contribution >= 0.6 is 0 Å². The van der Waals surface area contributed by atoms with Gasteiger partial charge in [-0.3, -0.25) is 9.78 Å². The Balaban J connectivity index is 1.64.